The predicted molar refractivity (Wildman–Crippen MR) is 86.0 cm³/mol. The van der Waals surface area contributed by atoms with Crippen LogP contribution in [0.2, 0.25) is 0 Å². The Morgan fingerprint density at radius 1 is 0.696 bits per heavy atom. The average Bonchev–Trinajstić information content (AvgIpc) is 2.55. The van der Waals surface area contributed by atoms with Crippen molar-refractivity contribution >= 4 is 17.1 Å². The first-order valence-electron chi connectivity index (χ1n) is 7.41. The molecule has 0 unspecified atom stereocenters. The number of hydrogen-bond acceptors (Lipinski definition) is 3. The summed E-state index contributed by atoms with van der Waals surface area (Å²) in [5, 5.41) is 0. The largest absolute Gasteiger partial charge is 0.453 e. The van der Waals surface area contributed by atoms with Crippen molar-refractivity contribution in [1.29, 1.82) is 0 Å². The van der Waals surface area contributed by atoms with Crippen molar-refractivity contribution in [3.8, 4) is 23.0 Å². The van der Waals surface area contributed by atoms with E-state index in [4.69, 9.17) is 9.47 Å². The van der Waals surface area contributed by atoms with Crippen LogP contribution in [0, 0.1) is 12.7 Å². The van der Waals surface area contributed by atoms with E-state index in [-0.39, 0.29) is 5.82 Å². The van der Waals surface area contributed by atoms with Gasteiger partial charge in [-0.25, -0.2) is 4.39 Å². The van der Waals surface area contributed by atoms with Crippen LogP contribution in [0.5, 0.6) is 23.0 Å². The molecular formula is C19H12FNO2. The highest BCUT2D eigenvalue weighted by Crippen LogP contribution is 2.60. The predicted octanol–water partition coefficient (Wildman–Crippen LogP) is 5.82. The molecule has 112 valence electrons. The number of halogens is 1. The molecule has 5 rings (SSSR count). The van der Waals surface area contributed by atoms with Gasteiger partial charge in [-0.05, 0) is 42.8 Å². The van der Waals surface area contributed by atoms with Crippen LogP contribution in [-0.4, -0.2) is 0 Å². The number of para-hydroxylation sites is 3. The lowest BCUT2D eigenvalue weighted by atomic mass is 10.0. The lowest BCUT2D eigenvalue weighted by Crippen LogP contribution is -2.22. The number of aryl methyl sites for hydroxylation is 1. The minimum absolute atomic E-state index is 0.320. The average molecular weight is 305 g/mol. The van der Waals surface area contributed by atoms with Crippen molar-refractivity contribution in [2.24, 2.45) is 0 Å². The van der Waals surface area contributed by atoms with Gasteiger partial charge in [-0.1, -0.05) is 24.3 Å². The number of ether oxygens (including phenoxy) is 2. The van der Waals surface area contributed by atoms with Gasteiger partial charge in [0.15, 0.2) is 28.8 Å². The molecule has 3 aromatic rings. The third-order valence-corrected chi connectivity index (χ3v) is 4.22. The fourth-order valence-electron chi connectivity index (χ4n) is 3.26. The number of fused-ring (bicyclic) bond motifs is 4. The molecule has 0 atom stereocenters. The minimum Gasteiger partial charge on any atom is -0.453 e. The number of hydrogen-bond donors (Lipinski definition) is 0. The minimum atomic E-state index is -0.320. The van der Waals surface area contributed by atoms with Crippen molar-refractivity contribution in [3.63, 3.8) is 0 Å². The Morgan fingerprint density at radius 3 is 1.91 bits per heavy atom. The van der Waals surface area contributed by atoms with Crippen molar-refractivity contribution in [2.75, 3.05) is 4.90 Å². The molecule has 0 N–H and O–H groups in total. The summed E-state index contributed by atoms with van der Waals surface area (Å²) in [5.74, 6) is 2.22. The number of benzene rings is 3. The Balaban J connectivity index is 1.91. The molecule has 2 aliphatic rings. The molecule has 0 amide bonds. The van der Waals surface area contributed by atoms with E-state index in [0.29, 0.717) is 28.7 Å². The van der Waals surface area contributed by atoms with Gasteiger partial charge in [-0.2, -0.15) is 0 Å². The Bertz CT molecular complexity index is 861. The van der Waals surface area contributed by atoms with Crippen molar-refractivity contribution in [3.05, 3.63) is 66.0 Å². The van der Waals surface area contributed by atoms with Gasteiger partial charge in [0.1, 0.15) is 11.4 Å². The van der Waals surface area contributed by atoms with Crippen LogP contribution in [0.25, 0.3) is 0 Å². The maximum absolute atomic E-state index is 14.6. The summed E-state index contributed by atoms with van der Waals surface area (Å²) < 4.78 is 26.5. The molecule has 0 saturated heterocycles. The molecule has 0 radical (unpaired) electrons. The van der Waals surface area contributed by atoms with Gasteiger partial charge in [-0.15, -0.1) is 0 Å². The summed E-state index contributed by atoms with van der Waals surface area (Å²) in [7, 11) is 0. The Kier molecular flexibility index (Phi) is 2.32. The number of rotatable bonds is 0. The second kappa shape index (κ2) is 4.26. The van der Waals surface area contributed by atoms with E-state index < -0.39 is 0 Å². The quantitative estimate of drug-likeness (QED) is 0.360. The normalized spacial score (nSPS) is 13.4. The molecule has 4 heteroatoms. The molecule has 0 bridgehead atoms. The van der Waals surface area contributed by atoms with Gasteiger partial charge >= 0.3 is 0 Å². The summed E-state index contributed by atoms with van der Waals surface area (Å²) in [5.41, 5.74) is 3.03. The fraction of sp³-hybridized carbons (Fsp3) is 0.0526. The summed E-state index contributed by atoms with van der Waals surface area (Å²) in [6.45, 7) is 1.99. The summed E-state index contributed by atoms with van der Waals surface area (Å²) >= 11 is 0. The standard InChI is InChI=1S/C19H12FNO2/c1-11-5-2-7-13-17(11)21-18-12(20)6-3-8-14(18)23-16-10-4-9-15(22-13)19(16)21/h2-10H,1H3. The topological polar surface area (TPSA) is 21.7 Å². The maximum atomic E-state index is 14.6. The molecule has 23 heavy (non-hydrogen) atoms. The monoisotopic (exact) mass is 305 g/mol. The maximum Gasteiger partial charge on any atom is 0.155 e. The van der Waals surface area contributed by atoms with Crippen molar-refractivity contribution in [1.82, 2.24) is 0 Å². The van der Waals surface area contributed by atoms with E-state index in [1.165, 1.54) is 6.07 Å². The van der Waals surface area contributed by atoms with Gasteiger partial charge in [-0.3, -0.25) is 4.90 Å². The molecule has 0 aromatic heterocycles. The van der Waals surface area contributed by atoms with Gasteiger partial charge in [0, 0.05) is 0 Å². The van der Waals surface area contributed by atoms with Gasteiger partial charge in [0.25, 0.3) is 0 Å². The highest BCUT2D eigenvalue weighted by atomic mass is 19.1. The molecule has 3 aromatic carbocycles. The van der Waals surface area contributed by atoms with Gasteiger partial charge in [0.2, 0.25) is 0 Å². The van der Waals surface area contributed by atoms with Gasteiger partial charge < -0.3 is 9.47 Å². The van der Waals surface area contributed by atoms with E-state index in [1.54, 1.807) is 12.1 Å². The lowest BCUT2D eigenvalue weighted by Gasteiger charge is -2.38. The zero-order chi connectivity index (χ0) is 15.6. The summed E-state index contributed by atoms with van der Waals surface area (Å²) in [6.07, 6.45) is 0. The van der Waals surface area contributed by atoms with E-state index in [2.05, 4.69) is 0 Å². The first-order valence-corrected chi connectivity index (χ1v) is 7.41. The second-order valence-corrected chi connectivity index (χ2v) is 5.65. The van der Waals surface area contributed by atoms with Crippen LogP contribution in [-0.2, 0) is 0 Å². The van der Waals surface area contributed by atoms with E-state index in [0.717, 1.165) is 16.9 Å². The molecule has 0 fully saturated rings. The molecular weight excluding hydrogens is 293 g/mol. The molecule has 0 aliphatic carbocycles. The Labute approximate surface area is 132 Å². The summed E-state index contributed by atoms with van der Waals surface area (Å²) in [6, 6.07) is 16.3. The Morgan fingerprint density at radius 2 is 1.22 bits per heavy atom. The van der Waals surface area contributed by atoms with Crippen LogP contribution < -0.4 is 14.4 Å². The van der Waals surface area contributed by atoms with E-state index in [1.807, 2.05) is 48.2 Å². The van der Waals surface area contributed by atoms with Crippen LogP contribution in [0.1, 0.15) is 5.56 Å². The SMILES string of the molecule is Cc1cccc2c1N1c3c(F)cccc3Oc3cccc(c31)O2. The number of anilines is 3. The second-order valence-electron chi connectivity index (χ2n) is 5.65. The number of nitrogens with zero attached hydrogens (tertiary/aromatic N) is 1. The van der Waals surface area contributed by atoms with E-state index in [9.17, 15) is 4.39 Å². The highest BCUT2D eigenvalue weighted by Gasteiger charge is 2.36. The summed E-state index contributed by atoms with van der Waals surface area (Å²) in [4.78, 5) is 1.91. The molecule has 2 heterocycles. The first-order chi connectivity index (χ1) is 11.2. The van der Waals surface area contributed by atoms with Crippen molar-refractivity contribution < 1.29 is 13.9 Å². The third-order valence-electron chi connectivity index (χ3n) is 4.22. The lowest BCUT2D eigenvalue weighted by molar-refractivity contribution is 0.441. The first kappa shape index (κ1) is 12.5. The van der Waals surface area contributed by atoms with Gasteiger partial charge in [0.05, 0.1) is 5.69 Å². The molecule has 3 nitrogen and oxygen atoms in total. The zero-order valence-electron chi connectivity index (χ0n) is 12.3. The van der Waals surface area contributed by atoms with E-state index >= 15 is 0 Å². The molecule has 2 aliphatic heterocycles. The molecule has 0 spiro atoms. The third kappa shape index (κ3) is 1.58. The highest BCUT2D eigenvalue weighted by molar-refractivity contribution is 5.94. The molecule has 0 saturated carbocycles. The smallest absolute Gasteiger partial charge is 0.155 e. The van der Waals surface area contributed by atoms with Crippen molar-refractivity contribution in [2.45, 2.75) is 6.92 Å². The fourth-order valence-corrected chi connectivity index (χ4v) is 3.26. The van der Waals surface area contributed by atoms with Crippen LogP contribution in [0.4, 0.5) is 21.5 Å². The van der Waals surface area contributed by atoms with Crippen LogP contribution in [0.15, 0.2) is 54.6 Å². The zero-order valence-corrected chi connectivity index (χ0v) is 12.3. The Hall–Kier alpha value is -3.01. The van der Waals surface area contributed by atoms with Crippen LogP contribution >= 0.6 is 0 Å². The van der Waals surface area contributed by atoms with Crippen LogP contribution in [0.3, 0.4) is 0 Å².